The molecule has 2 atom stereocenters. The fourth-order valence-electron chi connectivity index (χ4n) is 3.59. The summed E-state index contributed by atoms with van der Waals surface area (Å²) in [6.45, 7) is 3.89. The van der Waals surface area contributed by atoms with E-state index in [2.05, 4.69) is 0 Å². The minimum atomic E-state index is -5.34. The molecular weight excluding hydrogens is 504 g/mol. The van der Waals surface area contributed by atoms with Gasteiger partial charge >= 0.3 is 49.7 Å². The Labute approximate surface area is 226 Å². The second-order valence-corrected chi connectivity index (χ2v) is 10.9. The monoisotopic (exact) mass is 538 g/mol. The number of aliphatic carboxylic acids is 2. The van der Waals surface area contributed by atoms with Gasteiger partial charge in [0.15, 0.2) is 0 Å². The largest absolute Gasteiger partial charge is 2.00 e. The van der Waals surface area contributed by atoms with Crippen LogP contribution < -0.4 is 0 Å². The molecule has 13 heteroatoms. The molecule has 0 spiro atoms. The number of unbranched alkanes of at least 4 members (excludes halogenated alkanes) is 8. The average molecular weight is 539 g/mol. The molecular formula is C20H34CaO10S2. The first kappa shape index (κ1) is 34.9. The molecule has 0 amide bonds. The number of carbonyl (C=O) groups is 2. The van der Waals surface area contributed by atoms with Gasteiger partial charge in [0.25, 0.3) is 0 Å². The molecule has 0 aliphatic heterocycles. The number of carboxylic acids is 2. The molecule has 188 valence electrons. The molecule has 0 aromatic carbocycles. The van der Waals surface area contributed by atoms with Crippen molar-refractivity contribution in [2.24, 2.45) is 0 Å². The van der Waals surface area contributed by atoms with Crippen LogP contribution in [0.4, 0.5) is 0 Å². The fraction of sp³-hybridized carbons (Fsp3) is 0.800. The summed E-state index contributed by atoms with van der Waals surface area (Å²) in [7, 11) is -10.7. The topological polar surface area (TPSA) is 189 Å². The van der Waals surface area contributed by atoms with Crippen LogP contribution in [0.25, 0.3) is 0 Å². The standard InChI is InChI=1S/C20H36O10S2.Ca/c1-3-5-7-9-11-13-15(31(25,26)27)17(19(21)22)18(20(23)24)16(32(28,29)30)14-12-10-8-6-4-2;/h15-16H,3-14H2,1-2H3,(H,21,22)(H,23,24)(H,25,26,27)(H,28,29,30);/q;+2/p-2. The van der Waals surface area contributed by atoms with E-state index in [9.17, 15) is 45.7 Å². The van der Waals surface area contributed by atoms with Gasteiger partial charge in [0.1, 0.15) is 20.2 Å². The predicted molar refractivity (Wildman–Crippen MR) is 122 cm³/mol. The summed E-state index contributed by atoms with van der Waals surface area (Å²) in [6, 6.07) is 0. The van der Waals surface area contributed by atoms with E-state index in [0.717, 1.165) is 25.7 Å². The maximum absolute atomic E-state index is 11.9. The number of carboxylic acid groups (broad SMARTS) is 2. The van der Waals surface area contributed by atoms with Crippen molar-refractivity contribution >= 4 is 69.9 Å². The van der Waals surface area contributed by atoms with Crippen LogP contribution >= 0.6 is 0 Å². The van der Waals surface area contributed by atoms with E-state index in [-0.39, 0.29) is 50.6 Å². The molecule has 0 rings (SSSR count). The van der Waals surface area contributed by atoms with E-state index in [0.29, 0.717) is 25.7 Å². The number of rotatable bonds is 18. The van der Waals surface area contributed by atoms with Crippen molar-refractivity contribution in [1.29, 1.82) is 0 Å². The van der Waals surface area contributed by atoms with Gasteiger partial charge < -0.3 is 19.3 Å². The Bertz CT molecular complexity index is 780. The van der Waals surface area contributed by atoms with Gasteiger partial charge in [0, 0.05) is 0 Å². The molecule has 0 aliphatic carbocycles. The van der Waals surface area contributed by atoms with Crippen molar-refractivity contribution in [3.63, 3.8) is 0 Å². The minimum Gasteiger partial charge on any atom is -0.747 e. The van der Waals surface area contributed by atoms with Gasteiger partial charge in [-0.05, 0) is 12.8 Å². The van der Waals surface area contributed by atoms with Crippen LogP contribution in [0.2, 0.25) is 0 Å². The van der Waals surface area contributed by atoms with E-state index < -0.39 is 66.7 Å². The molecule has 0 radical (unpaired) electrons. The normalized spacial score (nSPS) is 14.7. The first-order valence-corrected chi connectivity index (χ1v) is 13.8. The van der Waals surface area contributed by atoms with Crippen LogP contribution in [-0.4, -0.2) is 96.3 Å². The zero-order valence-electron chi connectivity index (χ0n) is 19.3. The summed E-state index contributed by atoms with van der Waals surface area (Å²) in [5, 5.41) is 14.7. The van der Waals surface area contributed by atoms with Crippen LogP contribution in [-0.2, 0) is 29.8 Å². The van der Waals surface area contributed by atoms with E-state index in [1.54, 1.807) is 0 Å². The molecule has 0 aromatic rings. The predicted octanol–water partition coefficient (Wildman–Crippen LogP) is 2.62. The average Bonchev–Trinajstić information content (AvgIpc) is 2.64. The molecule has 0 saturated heterocycles. The minimum absolute atomic E-state index is 0. The van der Waals surface area contributed by atoms with E-state index >= 15 is 0 Å². The van der Waals surface area contributed by atoms with Crippen molar-refractivity contribution < 1.29 is 45.7 Å². The van der Waals surface area contributed by atoms with E-state index in [1.807, 2.05) is 13.8 Å². The summed E-state index contributed by atoms with van der Waals surface area (Å²) in [5.74, 6) is -4.08. The Hall–Kier alpha value is -0.240. The van der Waals surface area contributed by atoms with E-state index in [1.165, 1.54) is 0 Å². The van der Waals surface area contributed by atoms with Crippen LogP contribution in [0.15, 0.2) is 11.1 Å². The van der Waals surface area contributed by atoms with Gasteiger partial charge in [-0.2, -0.15) is 0 Å². The maximum atomic E-state index is 11.9. The second-order valence-electron chi connectivity index (χ2n) is 7.81. The van der Waals surface area contributed by atoms with Crippen molar-refractivity contribution in [3.8, 4) is 0 Å². The van der Waals surface area contributed by atoms with Gasteiger partial charge in [-0.25, -0.2) is 26.4 Å². The Morgan fingerprint density at radius 3 is 1.12 bits per heavy atom. The van der Waals surface area contributed by atoms with Crippen molar-refractivity contribution in [2.75, 3.05) is 0 Å². The van der Waals surface area contributed by atoms with Crippen LogP contribution in [0.5, 0.6) is 0 Å². The molecule has 0 fully saturated rings. The summed E-state index contributed by atoms with van der Waals surface area (Å²) in [4.78, 5) is 23.8. The van der Waals surface area contributed by atoms with E-state index in [4.69, 9.17) is 0 Å². The van der Waals surface area contributed by atoms with Crippen molar-refractivity contribution in [3.05, 3.63) is 11.1 Å². The van der Waals surface area contributed by atoms with Gasteiger partial charge in [0.05, 0.1) is 21.6 Å². The zero-order valence-corrected chi connectivity index (χ0v) is 23.2. The molecule has 0 saturated carbocycles. The molecule has 33 heavy (non-hydrogen) atoms. The zero-order chi connectivity index (χ0) is 24.9. The maximum Gasteiger partial charge on any atom is 2.00 e. The summed E-state index contributed by atoms with van der Waals surface area (Å²) < 4.78 is 71.1. The van der Waals surface area contributed by atoms with Gasteiger partial charge in [-0.1, -0.05) is 78.1 Å². The van der Waals surface area contributed by atoms with Crippen LogP contribution in [0.3, 0.4) is 0 Å². The first-order chi connectivity index (χ1) is 14.8. The summed E-state index contributed by atoms with van der Waals surface area (Å²) in [5.41, 5.74) is -2.66. The Balaban J connectivity index is 0. The second kappa shape index (κ2) is 17.2. The summed E-state index contributed by atoms with van der Waals surface area (Å²) in [6.07, 6.45) is 5.12. The third-order valence-corrected chi connectivity index (χ3v) is 7.57. The first-order valence-electron chi connectivity index (χ1n) is 10.9. The molecule has 0 aromatic heterocycles. The Kier molecular flexibility index (Phi) is 18.2. The molecule has 0 aliphatic rings. The number of hydrogen-bond donors (Lipinski definition) is 2. The number of hydrogen-bond acceptors (Lipinski definition) is 8. The van der Waals surface area contributed by atoms with Crippen molar-refractivity contribution in [2.45, 2.75) is 101 Å². The molecule has 2 unspecified atom stereocenters. The van der Waals surface area contributed by atoms with Gasteiger partial charge in [-0.15, -0.1) is 0 Å². The molecule has 0 heterocycles. The smallest absolute Gasteiger partial charge is 0.747 e. The molecule has 0 bridgehead atoms. The SMILES string of the molecule is CCCCCCCC(C(C(=O)O)=C(C(=O)O)C(CCCCCCC)S(=O)(=O)[O-])S(=O)(=O)[O-].[Ca+2]. The quantitative estimate of drug-likeness (QED) is 0.113. The Morgan fingerprint density at radius 2 is 0.909 bits per heavy atom. The van der Waals surface area contributed by atoms with Gasteiger partial charge in [0.2, 0.25) is 0 Å². The van der Waals surface area contributed by atoms with Crippen molar-refractivity contribution in [1.82, 2.24) is 0 Å². The van der Waals surface area contributed by atoms with Crippen LogP contribution in [0.1, 0.15) is 90.9 Å². The Morgan fingerprint density at radius 1 is 0.636 bits per heavy atom. The third kappa shape index (κ3) is 13.4. The van der Waals surface area contributed by atoms with Gasteiger partial charge in [-0.3, -0.25) is 0 Å². The summed E-state index contributed by atoms with van der Waals surface area (Å²) >= 11 is 0. The fourth-order valence-corrected chi connectivity index (χ4v) is 5.53. The molecule has 2 N–H and O–H groups in total. The van der Waals surface area contributed by atoms with Crippen LogP contribution in [0, 0.1) is 0 Å². The molecule has 10 nitrogen and oxygen atoms in total. The third-order valence-electron chi connectivity index (χ3n) is 5.23.